The number of hydrogen-bond donors (Lipinski definition) is 2. The third kappa shape index (κ3) is 11.8. The molecule has 0 radical (unpaired) electrons. The van der Waals surface area contributed by atoms with Crippen molar-refractivity contribution in [3.63, 3.8) is 0 Å². The van der Waals surface area contributed by atoms with E-state index in [1.165, 1.54) is 44.9 Å². The normalized spacial score (nSPS) is 11.8. The number of fused-ring (bicyclic) bond motifs is 8. The Labute approximate surface area is 419 Å². The third-order valence-electron chi connectivity index (χ3n) is 13.0. The molecule has 71 heavy (non-hydrogen) atoms. The summed E-state index contributed by atoms with van der Waals surface area (Å²) in [5, 5.41) is 0. The minimum atomic E-state index is 0.635. The Morgan fingerprint density at radius 1 is 0.324 bits per heavy atom. The van der Waals surface area contributed by atoms with E-state index in [2.05, 4.69) is 159 Å². The highest BCUT2D eigenvalue weighted by molar-refractivity contribution is 6.00. The molecule has 0 aliphatic carbocycles. The van der Waals surface area contributed by atoms with E-state index in [0.717, 1.165) is 138 Å². The Balaban J connectivity index is 1.25. The lowest BCUT2D eigenvalue weighted by atomic mass is 10.0. The van der Waals surface area contributed by atoms with Gasteiger partial charge in [0.05, 0.1) is 49.2 Å². The van der Waals surface area contributed by atoms with Crippen molar-refractivity contribution in [2.75, 3.05) is 26.4 Å². The van der Waals surface area contributed by atoms with E-state index in [9.17, 15) is 0 Å². The van der Waals surface area contributed by atoms with Gasteiger partial charge in [0.25, 0.3) is 0 Å². The van der Waals surface area contributed by atoms with Crippen LogP contribution in [0.1, 0.15) is 121 Å². The average molecular weight is 945 g/mol. The number of nitrogens with zero attached hydrogens (tertiary/aromatic N) is 2. The number of nitrogens with one attached hydrogen (secondary N) is 2. The molecular weight excluding hydrogens is 877 g/mol. The van der Waals surface area contributed by atoms with Gasteiger partial charge in [0.1, 0.15) is 23.0 Å². The van der Waals surface area contributed by atoms with Crippen molar-refractivity contribution in [3.05, 3.63) is 144 Å². The molecule has 0 saturated carbocycles. The first-order valence-electron chi connectivity index (χ1n) is 26.1. The quantitative estimate of drug-likeness (QED) is 0.0621. The van der Waals surface area contributed by atoms with Crippen LogP contribution in [0.2, 0.25) is 0 Å². The number of H-pyrrole nitrogens is 2. The summed E-state index contributed by atoms with van der Waals surface area (Å²) in [4.78, 5) is 18.8. The molecular formula is C63H68N4O4. The predicted octanol–water partition coefficient (Wildman–Crippen LogP) is 17.2. The first-order chi connectivity index (χ1) is 35.0. The number of ether oxygens (including phenoxy) is 4. The zero-order chi connectivity index (χ0) is 48.8. The molecule has 7 aromatic rings. The van der Waals surface area contributed by atoms with E-state index in [1.807, 2.05) is 24.3 Å². The van der Waals surface area contributed by atoms with Gasteiger partial charge in [-0.2, -0.15) is 0 Å². The van der Waals surface area contributed by atoms with Crippen molar-refractivity contribution >= 4 is 46.4 Å². The zero-order valence-electron chi connectivity index (χ0n) is 42.0. The van der Waals surface area contributed by atoms with Crippen LogP contribution in [-0.4, -0.2) is 46.4 Å². The second-order valence-electron chi connectivity index (χ2n) is 18.5. The minimum absolute atomic E-state index is 0.635. The van der Waals surface area contributed by atoms with E-state index in [4.69, 9.17) is 28.9 Å². The van der Waals surface area contributed by atoms with Crippen LogP contribution in [0.15, 0.2) is 121 Å². The summed E-state index contributed by atoms with van der Waals surface area (Å²) in [5.74, 6) is 3.34. The topological polar surface area (TPSA) is 94.3 Å². The molecule has 2 aliphatic rings. The van der Waals surface area contributed by atoms with Crippen LogP contribution in [0.25, 0.3) is 90.9 Å². The van der Waals surface area contributed by atoms with Crippen LogP contribution in [-0.2, 0) is 0 Å². The summed E-state index contributed by atoms with van der Waals surface area (Å²) in [5.41, 5.74) is 15.0. The lowest BCUT2D eigenvalue weighted by Gasteiger charge is -2.10. The fourth-order valence-corrected chi connectivity index (χ4v) is 9.42. The summed E-state index contributed by atoms with van der Waals surface area (Å²) in [6.45, 7) is 11.3. The van der Waals surface area contributed by atoms with Crippen molar-refractivity contribution in [3.8, 4) is 67.5 Å². The first-order valence-corrected chi connectivity index (χ1v) is 26.1. The molecule has 2 aliphatic heterocycles. The van der Waals surface area contributed by atoms with Crippen LogP contribution >= 0.6 is 0 Å². The van der Waals surface area contributed by atoms with Gasteiger partial charge in [0, 0.05) is 44.3 Å². The predicted molar refractivity (Wildman–Crippen MR) is 296 cm³/mol. The van der Waals surface area contributed by atoms with Gasteiger partial charge >= 0.3 is 0 Å². The molecule has 364 valence electrons. The fraction of sp³-hybridized carbons (Fsp3) is 0.302. The molecule has 3 aromatic heterocycles. The Hall–Kier alpha value is -7.32. The molecule has 0 fully saturated rings. The maximum absolute atomic E-state index is 6.31. The summed E-state index contributed by atoms with van der Waals surface area (Å²) >= 11 is 0. The van der Waals surface area contributed by atoms with Crippen LogP contribution in [0.3, 0.4) is 0 Å². The number of rotatable bonds is 23. The molecule has 2 N–H and O–H groups in total. The minimum Gasteiger partial charge on any atom is -0.494 e. The Bertz CT molecular complexity index is 3070. The van der Waals surface area contributed by atoms with Gasteiger partial charge < -0.3 is 28.9 Å². The number of aromatic amines is 2. The number of aromatic nitrogens is 4. The van der Waals surface area contributed by atoms with E-state index in [0.29, 0.717) is 26.4 Å². The molecule has 0 amide bonds. The van der Waals surface area contributed by atoms with Gasteiger partial charge in [0.2, 0.25) is 0 Å². The molecule has 8 nitrogen and oxygen atoms in total. The van der Waals surface area contributed by atoms with Crippen molar-refractivity contribution in [2.45, 2.75) is 98.3 Å². The zero-order valence-corrected chi connectivity index (χ0v) is 42.0. The van der Waals surface area contributed by atoms with E-state index >= 15 is 0 Å². The molecule has 0 saturated heterocycles. The highest BCUT2D eigenvalue weighted by Gasteiger charge is 2.20. The smallest absolute Gasteiger partial charge is 0.119 e. The third-order valence-corrected chi connectivity index (χ3v) is 13.0. The highest BCUT2D eigenvalue weighted by atomic mass is 16.5. The SMILES string of the molecule is CCCCCCCCCCOc1ccc(-c2c3nc(c(-c4cccc(OCCC)c4)c4ccc([nH]4)c(-c4ccc(OCCC)cc4)c4nc(c(-c5cccc(OCCC)c5)c5ccc2[nH]5)C=C4)C=C3)cc1. The van der Waals surface area contributed by atoms with Crippen molar-refractivity contribution < 1.29 is 18.9 Å². The summed E-state index contributed by atoms with van der Waals surface area (Å²) in [6.07, 6.45) is 21.4. The van der Waals surface area contributed by atoms with Crippen molar-refractivity contribution in [2.24, 2.45) is 0 Å². The molecule has 0 unspecified atom stereocenters. The van der Waals surface area contributed by atoms with Crippen LogP contribution in [0, 0.1) is 0 Å². The van der Waals surface area contributed by atoms with Crippen LogP contribution in [0.5, 0.6) is 23.0 Å². The average Bonchev–Trinajstić information content (AvgIpc) is 4.26. The van der Waals surface area contributed by atoms with Gasteiger partial charge in [-0.15, -0.1) is 0 Å². The van der Waals surface area contributed by atoms with E-state index in [1.54, 1.807) is 0 Å². The van der Waals surface area contributed by atoms with Gasteiger partial charge in [-0.1, -0.05) is 121 Å². The fourth-order valence-electron chi connectivity index (χ4n) is 9.42. The Morgan fingerprint density at radius 3 is 1.07 bits per heavy atom. The Kier molecular flexibility index (Phi) is 16.5. The lowest BCUT2D eigenvalue weighted by molar-refractivity contribution is 0.304. The van der Waals surface area contributed by atoms with Gasteiger partial charge in [0.15, 0.2) is 0 Å². The number of unbranched alkanes of at least 4 members (excludes halogenated alkanes) is 7. The van der Waals surface area contributed by atoms with Gasteiger partial charge in [-0.05, 0) is 145 Å². The monoisotopic (exact) mass is 945 g/mol. The summed E-state index contributed by atoms with van der Waals surface area (Å²) in [7, 11) is 0. The van der Waals surface area contributed by atoms with Crippen LogP contribution in [0.4, 0.5) is 0 Å². The second-order valence-corrected chi connectivity index (χ2v) is 18.5. The molecule has 0 atom stereocenters. The van der Waals surface area contributed by atoms with Gasteiger partial charge in [-0.3, -0.25) is 0 Å². The van der Waals surface area contributed by atoms with Crippen molar-refractivity contribution in [1.29, 1.82) is 0 Å². The summed E-state index contributed by atoms with van der Waals surface area (Å²) in [6, 6.07) is 42.2. The molecule has 9 rings (SSSR count). The number of hydrogen-bond acceptors (Lipinski definition) is 6. The number of benzene rings is 4. The molecule has 8 heteroatoms. The van der Waals surface area contributed by atoms with E-state index < -0.39 is 0 Å². The summed E-state index contributed by atoms with van der Waals surface area (Å²) < 4.78 is 24.8. The Morgan fingerprint density at radius 2 is 0.676 bits per heavy atom. The van der Waals surface area contributed by atoms with Gasteiger partial charge in [-0.25, -0.2) is 9.97 Å². The molecule has 5 heterocycles. The molecule has 8 bridgehead atoms. The maximum atomic E-state index is 6.31. The van der Waals surface area contributed by atoms with E-state index in [-0.39, 0.29) is 0 Å². The highest BCUT2D eigenvalue weighted by Crippen LogP contribution is 2.40. The largest absolute Gasteiger partial charge is 0.494 e. The van der Waals surface area contributed by atoms with Crippen LogP contribution < -0.4 is 18.9 Å². The molecule has 4 aromatic carbocycles. The van der Waals surface area contributed by atoms with Crippen molar-refractivity contribution in [1.82, 2.24) is 19.9 Å². The lowest BCUT2D eigenvalue weighted by Crippen LogP contribution is -1.97. The molecule has 0 spiro atoms. The maximum Gasteiger partial charge on any atom is 0.119 e. The second kappa shape index (κ2) is 24.0. The standard InChI is InChI=1S/C63H68N4O4/c1-5-9-10-11-12-13-14-15-41-71-49-28-24-45(25-29-49)61-54-32-36-58(66-54)62(46-18-16-20-50(42-46)69-39-7-3)56-34-30-52(64-56)60(44-22-26-48(27-23-44)68-38-6-2)53-31-35-57(65-53)63(59-37-33-55(61)67-59)47-19-17-21-51(43-47)70-40-8-4/h16-37,42-43,64,67H,5-15,38-41H2,1-4H3. The first kappa shape index (κ1) is 48.7.